The highest BCUT2D eigenvalue weighted by atomic mass is 19.1. The third-order valence-corrected chi connectivity index (χ3v) is 4.60. The number of carbonyl (C=O) groups excluding carboxylic acids is 1. The van der Waals surface area contributed by atoms with E-state index in [4.69, 9.17) is 4.84 Å². The Morgan fingerprint density at radius 2 is 1.91 bits per heavy atom. The number of benzene rings is 1. The molecule has 5 nitrogen and oxygen atoms in total. The van der Waals surface area contributed by atoms with Gasteiger partial charge in [0.15, 0.2) is 0 Å². The summed E-state index contributed by atoms with van der Waals surface area (Å²) in [6.07, 6.45) is 0.408. The van der Waals surface area contributed by atoms with E-state index in [1.165, 1.54) is 12.1 Å². The summed E-state index contributed by atoms with van der Waals surface area (Å²) in [6, 6.07) is 6.10. The summed E-state index contributed by atoms with van der Waals surface area (Å²) in [5.41, 5.74) is 0.518. The lowest BCUT2D eigenvalue weighted by atomic mass is 9.94. The molecular weight excluding hydrogens is 297 g/mol. The molecule has 0 aromatic heterocycles. The Bertz CT molecular complexity index is 609. The molecule has 1 saturated heterocycles. The lowest BCUT2D eigenvalue weighted by Crippen LogP contribution is -2.54. The normalized spacial score (nSPS) is 25.2. The van der Waals surface area contributed by atoms with Crippen LogP contribution in [0.3, 0.4) is 0 Å². The van der Waals surface area contributed by atoms with E-state index in [1.807, 2.05) is 4.90 Å². The van der Waals surface area contributed by atoms with Crippen LogP contribution in [0.15, 0.2) is 29.4 Å². The van der Waals surface area contributed by atoms with Gasteiger partial charge in [-0.15, -0.1) is 0 Å². The molecule has 1 atom stereocenters. The minimum absolute atomic E-state index is 0.0193. The number of nitrogens with zero attached hydrogens (tertiary/aromatic N) is 3. The van der Waals surface area contributed by atoms with Crippen molar-refractivity contribution in [2.45, 2.75) is 25.9 Å². The van der Waals surface area contributed by atoms with E-state index in [2.05, 4.69) is 17.0 Å². The first kappa shape index (κ1) is 15.9. The largest absolute Gasteiger partial charge is 0.379 e. The molecule has 0 aliphatic carbocycles. The molecule has 6 heteroatoms. The lowest BCUT2D eigenvalue weighted by Gasteiger charge is -2.37. The van der Waals surface area contributed by atoms with Crippen molar-refractivity contribution < 1.29 is 14.0 Å². The van der Waals surface area contributed by atoms with E-state index in [0.29, 0.717) is 12.1 Å². The summed E-state index contributed by atoms with van der Waals surface area (Å²) in [4.78, 5) is 22.5. The SMILES string of the molecule is CCN1CCN(C(=O)[C@@]2(C)CC(c3ccc(F)cc3)=NO2)CC1. The summed E-state index contributed by atoms with van der Waals surface area (Å²) >= 11 is 0. The maximum atomic E-state index is 13.0. The van der Waals surface area contributed by atoms with Gasteiger partial charge in [-0.3, -0.25) is 4.79 Å². The molecule has 0 N–H and O–H groups in total. The Kier molecular flexibility index (Phi) is 4.35. The topological polar surface area (TPSA) is 45.1 Å². The van der Waals surface area contributed by atoms with Crippen LogP contribution in [0, 0.1) is 5.82 Å². The number of likely N-dealkylation sites (N-methyl/N-ethyl adjacent to an activating group) is 1. The van der Waals surface area contributed by atoms with E-state index >= 15 is 0 Å². The third-order valence-electron chi connectivity index (χ3n) is 4.60. The molecule has 0 saturated carbocycles. The monoisotopic (exact) mass is 319 g/mol. The molecule has 0 unspecified atom stereocenters. The predicted octanol–water partition coefficient (Wildman–Crippen LogP) is 1.87. The van der Waals surface area contributed by atoms with Gasteiger partial charge >= 0.3 is 0 Å². The molecule has 1 amide bonds. The zero-order valence-corrected chi connectivity index (χ0v) is 13.6. The molecule has 1 aromatic carbocycles. The van der Waals surface area contributed by atoms with Crippen LogP contribution in [0.1, 0.15) is 25.8 Å². The second-order valence-electron chi connectivity index (χ2n) is 6.27. The first-order valence-corrected chi connectivity index (χ1v) is 8.04. The Morgan fingerprint density at radius 1 is 1.26 bits per heavy atom. The number of oxime groups is 1. The van der Waals surface area contributed by atoms with Crippen molar-refractivity contribution in [3.63, 3.8) is 0 Å². The van der Waals surface area contributed by atoms with Gasteiger partial charge < -0.3 is 14.6 Å². The van der Waals surface area contributed by atoms with Gasteiger partial charge in [0.25, 0.3) is 5.91 Å². The highest BCUT2D eigenvalue weighted by Gasteiger charge is 2.45. The molecule has 124 valence electrons. The highest BCUT2D eigenvalue weighted by Crippen LogP contribution is 2.29. The number of piperazine rings is 1. The number of amides is 1. The van der Waals surface area contributed by atoms with Gasteiger partial charge in [0, 0.05) is 32.6 Å². The van der Waals surface area contributed by atoms with Gasteiger partial charge in [-0.1, -0.05) is 24.2 Å². The van der Waals surface area contributed by atoms with Crippen molar-refractivity contribution in [1.29, 1.82) is 0 Å². The van der Waals surface area contributed by atoms with Crippen molar-refractivity contribution in [3.05, 3.63) is 35.6 Å². The lowest BCUT2D eigenvalue weighted by molar-refractivity contribution is -0.155. The van der Waals surface area contributed by atoms with E-state index in [0.717, 1.165) is 38.3 Å². The fourth-order valence-electron chi connectivity index (χ4n) is 3.05. The Labute approximate surface area is 135 Å². The van der Waals surface area contributed by atoms with Gasteiger partial charge in [0.2, 0.25) is 5.60 Å². The molecule has 0 radical (unpaired) electrons. The summed E-state index contributed by atoms with van der Waals surface area (Å²) < 4.78 is 13.0. The smallest absolute Gasteiger partial charge is 0.269 e. The number of hydrogen-bond acceptors (Lipinski definition) is 4. The fraction of sp³-hybridized carbons (Fsp3) is 0.529. The first-order valence-electron chi connectivity index (χ1n) is 8.04. The standard InChI is InChI=1S/C17H22FN3O2/c1-3-20-8-10-21(11-9-20)16(22)17(2)12-15(19-23-17)13-4-6-14(18)7-5-13/h4-7H,3,8-12H2,1-2H3/t17-/m1/s1. The van der Waals surface area contributed by atoms with Gasteiger partial charge in [-0.2, -0.15) is 0 Å². The van der Waals surface area contributed by atoms with Crippen molar-refractivity contribution >= 4 is 11.6 Å². The maximum Gasteiger partial charge on any atom is 0.269 e. The molecule has 2 heterocycles. The van der Waals surface area contributed by atoms with Crippen molar-refractivity contribution in [3.8, 4) is 0 Å². The Hall–Kier alpha value is -1.95. The number of hydrogen-bond donors (Lipinski definition) is 0. The Balaban J connectivity index is 1.65. The van der Waals surface area contributed by atoms with Crippen molar-refractivity contribution in [1.82, 2.24) is 9.80 Å². The second-order valence-corrected chi connectivity index (χ2v) is 6.27. The van der Waals surface area contributed by atoms with Crippen LogP contribution >= 0.6 is 0 Å². The van der Waals surface area contributed by atoms with Gasteiger partial charge in [-0.05, 0) is 31.2 Å². The summed E-state index contributed by atoms with van der Waals surface area (Å²) in [6.45, 7) is 8.14. The van der Waals surface area contributed by atoms with Crippen LogP contribution in [0.4, 0.5) is 4.39 Å². The van der Waals surface area contributed by atoms with Crippen molar-refractivity contribution in [2.75, 3.05) is 32.7 Å². The number of rotatable bonds is 3. The highest BCUT2D eigenvalue weighted by molar-refractivity contribution is 6.05. The van der Waals surface area contributed by atoms with E-state index in [9.17, 15) is 9.18 Å². The van der Waals surface area contributed by atoms with E-state index < -0.39 is 5.60 Å². The molecule has 23 heavy (non-hydrogen) atoms. The van der Waals surface area contributed by atoms with E-state index in [1.54, 1.807) is 19.1 Å². The molecule has 0 bridgehead atoms. The zero-order chi connectivity index (χ0) is 16.4. The summed E-state index contributed by atoms with van der Waals surface area (Å²) in [5.74, 6) is -0.310. The molecule has 0 spiro atoms. The molecule has 2 aliphatic heterocycles. The Morgan fingerprint density at radius 3 is 2.52 bits per heavy atom. The minimum Gasteiger partial charge on any atom is -0.379 e. The summed E-state index contributed by atoms with van der Waals surface area (Å²) in [5, 5.41) is 4.07. The number of halogens is 1. The fourth-order valence-corrected chi connectivity index (χ4v) is 3.05. The molecule has 2 aliphatic rings. The average Bonchev–Trinajstić information content (AvgIpc) is 2.98. The average molecular weight is 319 g/mol. The van der Waals surface area contributed by atoms with Gasteiger partial charge in [-0.25, -0.2) is 4.39 Å². The third kappa shape index (κ3) is 3.22. The van der Waals surface area contributed by atoms with Crippen LogP contribution in [-0.2, 0) is 9.63 Å². The molecule has 1 aromatic rings. The molecule has 3 rings (SSSR count). The summed E-state index contributed by atoms with van der Waals surface area (Å²) in [7, 11) is 0. The number of carbonyl (C=O) groups is 1. The minimum atomic E-state index is -0.960. The van der Waals surface area contributed by atoms with Crippen LogP contribution < -0.4 is 0 Å². The van der Waals surface area contributed by atoms with Crippen LogP contribution in [0.25, 0.3) is 0 Å². The van der Waals surface area contributed by atoms with Crippen LogP contribution in [0.2, 0.25) is 0 Å². The maximum absolute atomic E-state index is 13.0. The van der Waals surface area contributed by atoms with Gasteiger partial charge in [0.1, 0.15) is 5.82 Å². The van der Waals surface area contributed by atoms with Crippen LogP contribution in [0.5, 0.6) is 0 Å². The quantitative estimate of drug-likeness (QED) is 0.854. The van der Waals surface area contributed by atoms with Crippen molar-refractivity contribution in [2.24, 2.45) is 5.16 Å². The second kappa shape index (κ2) is 6.28. The molecule has 1 fully saturated rings. The first-order chi connectivity index (χ1) is 11.0. The van der Waals surface area contributed by atoms with Crippen LogP contribution in [-0.4, -0.2) is 59.7 Å². The van der Waals surface area contributed by atoms with Gasteiger partial charge in [0.05, 0.1) is 5.71 Å². The predicted molar refractivity (Wildman–Crippen MR) is 85.7 cm³/mol. The van der Waals surface area contributed by atoms with E-state index in [-0.39, 0.29) is 11.7 Å². The molecular formula is C17H22FN3O2. The zero-order valence-electron chi connectivity index (χ0n) is 13.6.